The van der Waals surface area contributed by atoms with Crippen molar-refractivity contribution in [2.75, 3.05) is 11.5 Å². The van der Waals surface area contributed by atoms with Crippen LogP contribution in [0.1, 0.15) is 18.5 Å². The molecule has 0 bridgehead atoms. The second-order valence-electron chi connectivity index (χ2n) is 6.15. The van der Waals surface area contributed by atoms with Crippen molar-refractivity contribution in [2.45, 2.75) is 17.9 Å². The van der Waals surface area contributed by atoms with E-state index in [-0.39, 0.29) is 22.8 Å². The molecule has 1 aliphatic heterocycles. The van der Waals surface area contributed by atoms with E-state index in [1.54, 1.807) is 31.2 Å². The molecule has 3 N–H and O–H groups in total. The second kappa shape index (κ2) is 7.97. The van der Waals surface area contributed by atoms with Crippen LogP contribution in [0.15, 0.2) is 69.2 Å². The number of halogens is 1. The van der Waals surface area contributed by atoms with Crippen LogP contribution in [0.2, 0.25) is 0 Å². The van der Waals surface area contributed by atoms with Crippen molar-refractivity contribution in [1.29, 1.82) is 0 Å². The summed E-state index contributed by atoms with van der Waals surface area (Å²) in [5.74, 6) is -2.33. The molecule has 0 saturated heterocycles. The first-order valence-electron chi connectivity index (χ1n) is 8.47. The molecule has 8 nitrogen and oxygen atoms in total. The van der Waals surface area contributed by atoms with Gasteiger partial charge < -0.3 is 9.84 Å². The van der Waals surface area contributed by atoms with E-state index in [0.717, 1.165) is 4.47 Å². The predicted octanol–water partition coefficient (Wildman–Crippen LogP) is 2.56. The summed E-state index contributed by atoms with van der Waals surface area (Å²) in [4.78, 5) is 26.4. The van der Waals surface area contributed by atoms with Crippen molar-refractivity contribution in [3.05, 3.63) is 69.9 Å². The zero-order valence-corrected chi connectivity index (χ0v) is 17.6. The SMILES string of the molecule is CCOC(=O)C1=C(O)C(=O)N(c2ccc(S(N)(=O)=O)cc2)[C@@H]1c1ccc(Br)cc1. The highest BCUT2D eigenvalue weighted by Gasteiger charge is 2.45. The van der Waals surface area contributed by atoms with Gasteiger partial charge in [0, 0.05) is 10.2 Å². The molecular formula is C19H17BrN2O6S. The maximum absolute atomic E-state index is 12.8. The number of primary sulfonamides is 1. The molecule has 1 aliphatic rings. The molecule has 3 rings (SSSR count). The first-order valence-corrected chi connectivity index (χ1v) is 10.8. The Morgan fingerprint density at radius 3 is 2.28 bits per heavy atom. The number of hydrogen-bond donors (Lipinski definition) is 2. The van der Waals surface area contributed by atoms with Gasteiger partial charge in [0.05, 0.1) is 17.5 Å². The molecule has 152 valence electrons. The van der Waals surface area contributed by atoms with Crippen LogP contribution in [-0.4, -0.2) is 32.0 Å². The number of nitrogens with two attached hydrogens (primary N) is 1. The average molecular weight is 481 g/mol. The summed E-state index contributed by atoms with van der Waals surface area (Å²) < 4.78 is 28.8. The van der Waals surface area contributed by atoms with Gasteiger partial charge in [-0.25, -0.2) is 18.4 Å². The van der Waals surface area contributed by atoms with Gasteiger partial charge in [0.1, 0.15) is 5.57 Å². The summed E-state index contributed by atoms with van der Waals surface area (Å²) >= 11 is 3.33. The van der Waals surface area contributed by atoms with Crippen molar-refractivity contribution in [3.63, 3.8) is 0 Å². The van der Waals surface area contributed by atoms with E-state index in [1.165, 1.54) is 29.2 Å². The van der Waals surface area contributed by atoms with E-state index in [1.807, 2.05) is 0 Å². The van der Waals surface area contributed by atoms with Gasteiger partial charge in [-0.15, -0.1) is 0 Å². The third-order valence-corrected chi connectivity index (χ3v) is 5.79. The number of amides is 1. The second-order valence-corrected chi connectivity index (χ2v) is 8.63. The van der Waals surface area contributed by atoms with E-state index < -0.39 is 33.7 Å². The summed E-state index contributed by atoms with van der Waals surface area (Å²) in [5, 5.41) is 15.5. The number of sulfonamides is 1. The molecular weight excluding hydrogens is 464 g/mol. The number of ether oxygens (including phenoxy) is 1. The third kappa shape index (κ3) is 4.04. The van der Waals surface area contributed by atoms with E-state index in [4.69, 9.17) is 9.88 Å². The molecule has 1 amide bonds. The van der Waals surface area contributed by atoms with Crippen LogP contribution >= 0.6 is 15.9 Å². The first-order chi connectivity index (χ1) is 13.6. The Labute approximate surface area is 175 Å². The number of rotatable bonds is 5. The number of esters is 1. The average Bonchev–Trinajstić information content (AvgIpc) is 2.93. The number of anilines is 1. The van der Waals surface area contributed by atoms with E-state index in [2.05, 4.69) is 15.9 Å². The molecule has 0 radical (unpaired) electrons. The molecule has 2 aromatic rings. The summed E-state index contributed by atoms with van der Waals surface area (Å²) in [5.41, 5.74) is 0.653. The quantitative estimate of drug-likeness (QED) is 0.632. The third-order valence-electron chi connectivity index (χ3n) is 4.33. The Bertz CT molecular complexity index is 1090. The highest BCUT2D eigenvalue weighted by Crippen LogP contribution is 2.41. The van der Waals surface area contributed by atoms with Crippen LogP contribution < -0.4 is 10.0 Å². The van der Waals surface area contributed by atoms with Gasteiger partial charge in [-0.2, -0.15) is 0 Å². The molecule has 1 atom stereocenters. The molecule has 0 unspecified atom stereocenters. The monoisotopic (exact) mass is 480 g/mol. The largest absolute Gasteiger partial charge is 0.503 e. The van der Waals surface area contributed by atoms with Gasteiger partial charge in [0.15, 0.2) is 5.76 Å². The van der Waals surface area contributed by atoms with Gasteiger partial charge in [-0.1, -0.05) is 28.1 Å². The van der Waals surface area contributed by atoms with Gasteiger partial charge in [-0.3, -0.25) is 9.69 Å². The van der Waals surface area contributed by atoms with Crippen LogP contribution in [-0.2, 0) is 24.3 Å². The smallest absolute Gasteiger partial charge is 0.340 e. The van der Waals surface area contributed by atoms with Crippen LogP contribution in [0.25, 0.3) is 0 Å². The summed E-state index contributed by atoms with van der Waals surface area (Å²) in [6, 6.07) is 11.2. The first kappa shape index (κ1) is 21.0. The minimum absolute atomic E-state index is 0.0694. The van der Waals surface area contributed by atoms with Crippen molar-refractivity contribution >= 4 is 43.5 Å². The zero-order chi connectivity index (χ0) is 21.3. The van der Waals surface area contributed by atoms with Crippen LogP contribution in [0.5, 0.6) is 0 Å². The molecule has 0 saturated carbocycles. The number of nitrogens with zero attached hydrogens (tertiary/aromatic N) is 1. The van der Waals surface area contributed by atoms with E-state index >= 15 is 0 Å². The zero-order valence-electron chi connectivity index (χ0n) is 15.2. The number of carbonyl (C=O) groups excluding carboxylic acids is 2. The Balaban J connectivity index is 2.13. The summed E-state index contributed by atoms with van der Waals surface area (Å²) in [6.07, 6.45) is 0. The lowest BCUT2D eigenvalue weighted by Crippen LogP contribution is -2.31. The summed E-state index contributed by atoms with van der Waals surface area (Å²) in [6.45, 7) is 1.69. The Hall–Kier alpha value is -2.69. The Morgan fingerprint density at radius 2 is 1.76 bits per heavy atom. The fourth-order valence-electron chi connectivity index (χ4n) is 3.05. The predicted molar refractivity (Wildman–Crippen MR) is 108 cm³/mol. The fourth-order valence-corrected chi connectivity index (χ4v) is 3.83. The molecule has 2 aromatic carbocycles. The minimum atomic E-state index is -3.91. The maximum Gasteiger partial charge on any atom is 0.340 e. The summed E-state index contributed by atoms with van der Waals surface area (Å²) in [7, 11) is -3.91. The number of aliphatic hydroxyl groups is 1. The van der Waals surface area contributed by atoms with Gasteiger partial charge in [-0.05, 0) is 48.9 Å². The topological polar surface area (TPSA) is 127 Å². The minimum Gasteiger partial charge on any atom is -0.503 e. The number of hydrogen-bond acceptors (Lipinski definition) is 6. The fraction of sp³-hybridized carbons (Fsp3) is 0.158. The van der Waals surface area contributed by atoms with E-state index in [0.29, 0.717) is 5.56 Å². The molecule has 0 aromatic heterocycles. The lowest BCUT2D eigenvalue weighted by molar-refractivity contribution is -0.139. The molecule has 0 aliphatic carbocycles. The molecule has 1 heterocycles. The maximum atomic E-state index is 12.8. The van der Waals surface area contributed by atoms with Crippen LogP contribution in [0, 0.1) is 0 Å². The molecule has 0 spiro atoms. The number of carbonyl (C=O) groups is 2. The van der Waals surface area contributed by atoms with Crippen LogP contribution in [0.4, 0.5) is 5.69 Å². The lowest BCUT2D eigenvalue weighted by atomic mass is 9.99. The van der Waals surface area contributed by atoms with Crippen molar-refractivity contribution in [2.24, 2.45) is 5.14 Å². The normalized spacial score (nSPS) is 17.0. The highest BCUT2D eigenvalue weighted by molar-refractivity contribution is 9.10. The highest BCUT2D eigenvalue weighted by atomic mass is 79.9. The Kier molecular flexibility index (Phi) is 5.78. The molecule has 10 heteroatoms. The van der Waals surface area contributed by atoms with Crippen molar-refractivity contribution in [3.8, 4) is 0 Å². The van der Waals surface area contributed by atoms with Gasteiger partial charge >= 0.3 is 5.97 Å². The molecule has 29 heavy (non-hydrogen) atoms. The Morgan fingerprint density at radius 1 is 1.17 bits per heavy atom. The van der Waals surface area contributed by atoms with Crippen molar-refractivity contribution < 1.29 is 27.9 Å². The van der Waals surface area contributed by atoms with Gasteiger partial charge in [0.2, 0.25) is 10.0 Å². The van der Waals surface area contributed by atoms with Crippen molar-refractivity contribution in [1.82, 2.24) is 0 Å². The number of benzene rings is 2. The standard InChI is InChI=1S/C19H17BrN2O6S/c1-2-28-19(25)15-16(11-3-5-12(20)6-4-11)22(18(24)17(15)23)13-7-9-14(10-8-13)29(21,26)27/h3-10,16,23H,2H2,1H3,(H2,21,26,27)/t16-/m1/s1. The van der Waals surface area contributed by atoms with E-state index in [9.17, 15) is 23.1 Å². The van der Waals surface area contributed by atoms with Gasteiger partial charge in [0.25, 0.3) is 5.91 Å². The number of aliphatic hydroxyl groups excluding tert-OH is 1. The lowest BCUT2D eigenvalue weighted by Gasteiger charge is -2.26. The molecule has 0 fully saturated rings. The van der Waals surface area contributed by atoms with Crippen LogP contribution in [0.3, 0.4) is 0 Å².